The van der Waals surface area contributed by atoms with Crippen molar-refractivity contribution in [1.29, 1.82) is 0 Å². The van der Waals surface area contributed by atoms with Crippen LogP contribution in [0, 0.1) is 11.6 Å². The van der Waals surface area contributed by atoms with Crippen LogP contribution >= 0.6 is 11.3 Å². The fourth-order valence-electron chi connectivity index (χ4n) is 2.48. The Morgan fingerprint density at radius 3 is 2.62 bits per heavy atom. The van der Waals surface area contributed by atoms with E-state index in [-0.39, 0.29) is 5.56 Å². The monoisotopic (exact) mass is 346 g/mol. The van der Waals surface area contributed by atoms with E-state index in [0.717, 1.165) is 22.7 Å². The van der Waals surface area contributed by atoms with Crippen molar-refractivity contribution < 1.29 is 13.6 Å². The number of carbonyl (C=O) groups is 1. The van der Waals surface area contributed by atoms with Gasteiger partial charge in [0, 0.05) is 29.9 Å². The largest absolute Gasteiger partial charge is 0.353 e. The van der Waals surface area contributed by atoms with Gasteiger partial charge in [-0.3, -0.25) is 4.79 Å². The molecule has 0 aliphatic rings. The quantitative estimate of drug-likeness (QED) is 0.679. The molecule has 24 heavy (non-hydrogen) atoms. The molecule has 0 radical (unpaired) electrons. The molecule has 0 aliphatic carbocycles. The second-order valence-electron chi connectivity index (χ2n) is 5.48. The zero-order valence-electron chi connectivity index (χ0n) is 13.1. The van der Waals surface area contributed by atoms with Gasteiger partial charge in [0.25, 0.3) is 5.91 Å². The van der Waals surface area contributed by atoms with Gasteiger partial charge >= 0.3 is 0 Å². The zero-order chi connectivity index (χ0) is 17.1. The number of nitrogens with zero attached hydrogens (tertiary/aromatic N) is 2. The van der Waals surface area contributed by atoms with E-state index >= 15 is 0 Å². The molecule has 0 spiro atoms. The molecule has 6 heteroatoms. The van der Waals surface area contributed by atoms with E-state index in [1.165, 1.54) is 17.4 Å². The predicted octanol–water partition coefficient (Wildman–Crippen LogP) is 4.21. The number of carbonyl (C=O) groups excluding carboxylic acids is 1. The normalized spacial score (nSPS) is 10.8. The standard InChI is InChI=1S/C18H16F2N2OS/c1-21-8-2-4-14(21)11-22(12-15-5-3-9-24-15)18(23)16-7-6-13(19)10-17(16)20/h2-10H,11-12H2,1H3. The second kappa shape index (κ2) is 6.97. The molecular weight excluding hydrogens is 330 g/mol. The summed E-state index contributed by atoms with van der Waals surface area (Å²) in [7, 11) is 1.89. The van der Waals surface area contributed by atoms with Gasteiger partial charge < -0.3 is 9.47 Å². The Morgan fingerprint density at radius 2 is 2.00 bits per heavy atom. The fraction of sp³-hybridized carbons (Fsp3) is 0.167. The number of hydrogen-bond acceptors (Lipinski definition) is 2. The lowest BCUT2D eigenvalue weighted by Crippen LogP contribution is -2.31. The van der Waals surface area contributed by atoms with Crippen LogP contribution in [-0.4, -0.2) is 15.4 Å². The van der Waals surface area contributed by atoms with Crippen LogP contribution in [-0.2, 0) is 20.1 Å². The molecule has 0 fully saturated rings. The average molecular weight is 346 g/mol. The molecule has 3 nitrogen and oxygen atoms in total. The van der Waals surface area contributed by atoms with Gasteiger partial charge in [-0.15, -0.1) is 11.3 Å². The Bertz CT molecular complexity index is 843. The van der Waals surface area contributed by atoms with Gasteiger partial charge in [0.2, 0.25) is 0 Å². The summed E-state index contributed by atoms with van der Waals surface area (Å²) in [4.78, 5) is 15.4. The van der Waals surface area contributed by atoms with Crippen molar-refractivity contribution in [2.45, 2.75) is 13.1 Å². The van der Waals surface area contributed by atoms with Crippen molar-refractivity contribution >= 4 is 17.2 Å². The van der Waals surface area contributed by atoms with Gasteiger partial charge in [-0.1, -0.05) is 6.07 Å². The molecule has 0 atom stereocenters. The minimum absolute atomic E-state index is 0.123. The molecule has 1 aromatic carbocycles. The van der Waals surface area contributed by atoms with Gasteiger partial charge in [0.1, 0.15) is 11.6 Å². The first-order chi connectivity index (χ1) is 11.5. The van der Waals surface area contributed by atoms with E-state index < -0.39 is 17.5 Å². The number of aryl methyl sites for hydroxylation is 1. The summed E-state index contributed by atoms with van der Waals surface area (Å²) in [5.74, 6) is -2.00. The van der Waals surface area contributed by atoms with E-state index in [1.807, 2.05) is 47.5 Å². The third kappa shape index (κ3) is 3.54. The van der Waals surface area contributed by atoms with Gasteiger partial charge in [0.15, 0.2) is 0 Å². The molecule has 0 bridgehead atoms. The molecule has 2 heterocycles. The third-order valence-electron chi connectivity index (χ3n) is 3.78. The number of rotatable bonds is 5. The molecule has 2 aromatic heterocycles. The minimum atomic E-state index is -0.844. The molecule has 1 amide bonds. The molecular formula is C18H16F2N2OS. The van der Waals surface area contributed by atoms with Crippen LogP contribution in [0.4, 0.5) is 8.78 Å². The maximum atomic E-state index is 14.0. The van der Waals surface area contributed by atoms with E-state index in [9.17, 15) is 13.6 Å². The highest BCUT2D eigenvalue weighted by atomic mass is 32.1. The Morgan fingerprint density at radius 1 is 1.17 bits per heavy atom. The van der Waals surface area contributed by atoms with E-state index in [4.69, 9.17) is 0 Å². The lowest BCUT2D eigenvalue weighted by atomic mass is 10.1. The summed E-state index contributed by atoms with van der Waals surface area (Å²) >= 11 is 1.53. The van der Waals surface area contributed by atoms with Crippen molar-refractivity contribution in [3.05, 3.63) is 81.8 Å². The van der Waals surface area contributed by atoms with Gasteiger partial charge in [-0.2, -0.15) is 0 Å². The first-order valence-corrected chi connectivity index (χ1v) is 8.29. The summed E-state index contributed by atoms with van der Waals surface area (Å²) < 4.78 is 29.0. The highest BCUT2D eigenvalue weighted by Crippen LogP contribution is 2.19. The van der Waals surface area contributed by atoms with Crippen molar-refractivity contribution in [2.24, 2.45) is 7.05 Å². The highest BCUT2D eigenvalue weighted by Gasteiger charge is 2.21. The van der Waals surface area contributed by atoms with Crippen LogP contribution in [0.25, 0.3) is 0 Å². The third-order valence-corrected chi connectivity index (χ3v) is 4.64. The molecule has 0 saturated heterocycles. The maximum Gasteiger partial charge on any atom is 0.257 e. The molecule has 0 N–H and O–H groups in total. The van der Waals surface area contributed by atoms with Crippen molar-refractivity contribution in [3.63, 3.8) is 0 Å². The average Bonchev–Trinajstić information content (AvgIpc) is 3.18. The number of thiophene rings is 1. The smallest absolute Gasteiger partial charge is 0.257 e. The summed E-state index contributed by atoms with van der Waals surface area (Å²) in [5, 5.41) is 1.93. The SMILES string of the molecule is Cn1cccc1CN(Cc1cccs1)C(=O)c1ccc(F)cc1F. The van der Waals surface area contributed by atoms with Crippen LogP contribution in [0.2, 0.25) is 0 Å². The summed E-state index contributed by atoms with van der Waals surface area (Å²) in [6.07, 6.45) is 1.89. The topological polar surface area (TPSA) is 25.2 Å². The number of hydrogen-bond donors (Lipinski definition) is 0. The van der Waals surface area contributed by atoms with E-state index in [2.05, 4.69) is 0 Å². The predicted molar refractivity (Wildman–Crippen MR) is 89.7 cm³/mol. The maximum absolute atomic E-state index is 14.0. The summed E-state index contributed by atoms with van der Waals surface area (Å²) in [5.41, 5.74) is 0.810. The van der Waals surface area contributed by atoms with Crippen molar-refractivity contribution in [1.82, 2.24) is 9.47 Å². The minimum Gasteiger partial charge on any atom is -0.353 e. The highest BCUT2D eigenvalue weighted by molar-refractivity contribution is 7.09. The first kappa shape index (κ1) is 16.4. The van der Waals surface area contributed by atoms with E-state index in [0.29, 0.717) is 13.1 Å². The molecule has 0 unspecified atom stereocenters. The molecule has 3 rings (SSSR count). The van der Waals surface area contributed by atoms with Crippen LogP contribution in [0.1, 0.15) is 20.9 Å². The lowest BCUT2D eigenvalue weighted by molar-refractivity contribution is 0.0723. The van der Waals surface area contributed by atoms with Gasteiger partial charge in [0.05, 0.1) is 18.7 Å². The summed E-state index contributed by atoms with van der Waals surface area (Å²) in [6.45, 7) is 0.718. The molecule has 124 valence electrons. The fourth-order valence-corrected chi connectivity index (χ4v) is 3.20. The number of benzene rings is 1. The Labute approximate surface area is 142 Å². The van der Waals surface area contributed by atoms with E-state index in [1.54, 1.807) is 4.90 Å². The van der Waals surface area contributed by atoms with Gasteiger partial charge in [-0.05, 0) is 35.7 Å². The number of aromatic nitrogens is 1. The Hall–Kier alpha value is -2.47. The van der Waals surface area contributed by atoms with Gasteiger partial charge in [-0.25, -0.2) is 8.78 Å². The molecule has 0 aliphatic heterocycles. The van der Waals surface area contributed by atoms with Crippen molar-refractivity contribution in [2.75, 3.05) is 0 Å². The Kier molecular flexibility index (Phi) is 4.76. The number of amides is 1. The van der Waals surface area contributed by atoms with Crippen LogP contribution in [0.3, 0.4) is 0 Å². The summed E-state index contributed by atoms with van der Waals surface area (Å²) in [6, 6.07) is 10.7. The van der Waals surface area contributed by atoms with Crippen LogP contribution in [0.15, 0.2) is 54.0 Å². The Balaban J connectivity index is 1.90. The number of halogens is 2. The molecule has 0 saturated carbocycles. The lowest BCUT2D eigenvalue weighted by Gasteiger charge is -2.23. The molecule has 3 aromatic rings. The first-order valence-electron chi connectivity index (χ1n) is 7.41. The second-order valence-corrected chi connectivity index (χ2v) is 6.51. The van der Waals surface area contributed by atoms with Crippen LogP contribution < -0.4 is 0 Å². The zero-order valence-corrected chi connectivity index (χ0v) is 13.9. The van der Waals surface area contributed by atoms with Crippen molar-refractivity contribution in [3.8, 4) is 0 Å². The van der Waals surface area contributed by atoms with Crippen LogP contribution in [0.5, 0.6) is 0 Å².